The van der Waals surface area contributed by atoms with Gasteiger partial charge in [0.15, 0.2) is 0 Å². The summed E-state index contributed by atoms with van der Waals surface area (Å²) in [5, 5.41) is 2.29. The molecule has 0 saturated carbocycles. The summed E-state index contributed by atoms with van der Waals surface area (Å²) >= 11 is 0. The minimum absolute atomic E-state index is 0.0239. The molecule has 1 saturated heterocycles. The van der Waals surface area contributed by atoms with E-state index >= 15 is 0 Å². The van der Waals surface area contributed by atoms with E-state index in [1.54, 1.807) is 0 Å². The Hall–Kier alpha value is -1.67. The Balaban J connectivity index is 1.75. The van der Waals surface area contributed by atoms with Gasteiger partial charge in [-0.3, -0.25) is 0 Å². The van der Waals surface area contributed by atoms with Crippen LogP contribution in [0.4, 0.5) is 13.2 Å². The number of nitrogens with two attached hydrogens (primary N) is 1. The maximum Gasteiger partial charge on any atom is 0.394 e. The van der Waals surface area contributed by atoms with Gasteiger partial charge in [0.05, 0.1) is 5.92 Å². The van der Waals surface area contributed by atoms with Gasteiger partial charge in [0.1, 0.15) is 0 Å². The zero-order valence-electron chi connectivity index (χ0n) is 18.5. The molecule has 1 aliphatic rings. The van der Waals surface area contributed by atoms with Crippen LogP contribution in [0, 0.1) is 5.92 Å². The fourth-order valence-electron chi connectivity index (χ4n) is 4.72. The molecule has 0 bridgehead atoms. The van der Waals surface area contributed by atoms with E-state index in [9.17, 15) is 13.2 Å². The van der Waals surface area contributed by atoms with E-state index in [0.29, 0.717) is 19.6 Å². The number of hydrogen-bond donors (Lipinski definition) is 1. The summed E-state index contributed by atoms with van der Waals surface area (Å²) in [6, 6.07) is 19.9. The van der Waals surface area contributed by atoms with Gasteiger partial charge in [0.2, 0.25) is 0 Å². The standard InChI is InChI=1S/C24H33F3N2OSi/c1-23(2,3)31(19-11-6-4-7-12-19,20-13-8-5-9-14-20)30-16-10-15-29-17-21(22(28)18-29)24(25,26)27/h4-9,11-14,21-22H,10,15-18,28H2,1-3H3. The quantitative estimate of drug-likeness (QED) is 0.516. The molecular weight excluding hydrogens is 417 g/mol. The first-order valence-corrected chi connectivity index (χ1v) is 12.8. The first-order valence-electron chi connectivity index (χ1n) is 10.9. The molecule has 2 unspecified atom stereocenters. The molecule has 2 N–H and O–H groups in total. The molecule has 2 atom stereocenters. The monoisotopic (exact) mass is 450 g/mol. The third-order valence-corrected chi connectivity index (χ3v) is 11.3. The Bertz CT molecular complexity index is 785. The van der Waals surface area contributed by atoms with Gasteiger partial charge in [-0.05, 0) is 21.8 Å². The predicted molar refractivity (Wildman–Crippen MR) is 122 cm³/mol. The van der Waals surface area contributed by atoms with Crippen molar-refractivity contribution in [3.8, 4) is 0 Å². The highest BCUT2D eigenvalue weighted by Gasteiger charge is 2.50. The second-order valence-electron chi connectivity index (χ2n) is 9.44. The highest BCUT2D eigenvalue weighted by molar-refractivity contribution is 6.99. The van der Waals surface area contributed by atoms with Crippen molar-refractivity contribution in [2.75, 3.05) is 26.2 Å². The zero-order chi connectivity index (χ0) is 22.7. The lowest BCUT2D eigenvalue weighted by Crippen LogP contribution is -2.66. The van der Waals surface area contributed by atoms with Gasteiger partial charge in [-0.1, -0.05) is 81.4 Å². The summed E-state index contributed by atoms with van der Waals surface area (Å²) in [6.07, 6.45) is -3.57. The Morgan fingerprint density at radius 1 is 0.935 bits per heavy atom. The highest BCUT2D eigenvalue weighted by Crippen LogP contribution is 2.37. The van der Waals surface area contributed by atoms with Crippen molar-refractivity contribution in [1.82, 2.24) is 4.90 Å². The van der Waals surface area contributed by atoms with Gasteiger partial charge in [0.25, 0.3) is 8.32 Å². The lowest BCUT2D eigenvalue weighted by atomic mass is 10.1. The van der Waals surface area contributed by atoms with Gasteiger partial charge < -0.3 is 15.1 Å². The van der Waals surface area contributed by atoms with Crippen molar-refractivity contribution >= 4 is 18.7 Å². The molecule has 170 valence electrons. The summed E-state index contributed by atoms with van der Waals surface area (Å²) in [5.41, 5.74) is 5.75. The van der Waals surface area contributed by atoms with E-state index in [-0.39, 0.29) is 18.1 Å². The summed E-state index contributed by atoms with van der Waals surface area (Å²) in [4.78, 5) is 1.82. The summed E-state index contributed by atoms with van der Waals surface area (Å²) in [7, 11) is -2.61. The number of hydrogen-bond acceptors (Lipinski definition) is 3. The molecule has 0 aromatic heterocycles. The van der Waals surface area contributed by atoms with E-state index in [4.69, 9.17) is 10.2 Å². The third-order valence-electron chi connectivity index (χ3n) is 6.22. The summed E-state index contributed by atoms with van der Waals surface area (Å²) < 4.78 is 46.1. The molecule has 7 heteroatoms. The van der Waals surface area contributed by atoms with Gasteiger partial charge >= 0.3 is 6.18 Å². The van der Waals surface area contributed by atoms with E-state index < -0.39 is 26.5 Å². The number of alkyl halides is 3. The first kappa shape index (κ1) is 24.0. The molecule has 1 aliphatic heterocycles. The molecule has 31 heavy (non-hydrogen) atoms. The Labute approximate surface area is 184 Å². The van der Waals surface area contributed by atoms with Crippen LogP contribution < -0.4 is 16.1 Å². The van der Waals surface area contributed by atoms with Crippen LogP contribution in [-0.2, 0) is 4.43 Å². The Kier molecular flexibility index (Phi) is 7.31. The predicted octanol–water partition coefficient (Wildman–Crippen LogP) is 3.77. The number of rotatable bonds is 7. The minimum Gasteiger partial charge on any atom is -0.407 e. The third kappa shape index (κ3) is 5.22. The highest BCUT2D eigenvalue weighted by atomic mass is 28.4. The van der Waals surface area contributed by atoms with Crippen LogP contribution in [0.25, 0.3) is 0 Å². The average molecular weight is 451 g/mol. The van der Waals surface area contributed by atoms with E-state index in [1.807, 2.05) is 41.3 Å². The van der Waals surface area contributed by atoms with Crippen LogP contribution >= 0.6 is 0 Å². The molecule has 0 amide bonds. The second kappa shape index (κ2) is 9.44. The van der Waals surface area contributed by atoms with E-state index in [1.165, 1.54) is 10.4 Å². The van der Waals surface area contributed by atoms with Crippen molar-refractivity contribution < 1.29 is 17.6 Å². The van der Waals surface area contributed by atoms with Gasteiger partial charge in [0, 0.05) is 32.3 Å². The minimum atomic E-state index is -4.24. The topological polar surface area (TPSA) is 38.5 Å². The largest absolute Gasteiger partial charge is 0.407 e. The van der Waals surface area contributed by atoms with Crippen LogP contribution in [0.3, 0.4) is 0 Å². The maximum absolute atomic E-state index is 13.1. The van der Waals surface area contributed by atoms with Crippen molar-refractivity contribution in [2.24, 2.45) is 11.7 Å². The molecule has 3 nitrogen and oxygen atoms in total. The number of likely N-dealkylation sites (tertiary alicyclic amines) is 1. The molecule has 0 radical (unpaired) electrons. The smallest absolute Gasteiger partial charge is 0.394 e. The molecule has 2 aromatic rings. The van der Waals surface area contributed by atoms with E-state index in [0.717, 1.165) is 0 Å². The van der Waals surface area contributed by atoms with Crippen molar-refractivity contribution in [3.05, 3.63) is 60.7 Å². The van der Waals surface area contributed by atoms with Gasteiger partial charge in [-0.15, -0.1) is 0 Å². The lowest BCUT2D eigenvalue weighted by molar-refractivity contribution is -0.173. The van der Waals surface area contributed by atoms with Crippen molar-refractivity contribution in [2.45, 2.75) is 44.4 Å². The number of halogens is 3. The SMILES string of the molecule is CC(C)(C)[Si](OCCCN1CC(N)C(C(F)(F)F)C1)(c1ccccc1)c1ccccc1. The van der Waals surface area contributed by atoms with Crippen LogP contribution in [0.5, 0.6) is 0 Å². The Morgan fingerprint density at radius 2 is 1.45 bits per heavy atom. The van der Waals surface area contributed by atoms with Crippen molar-refractivity contribution in [3.63, 3.8) is 0 Å². The zero-order valence-corrected chi connectivity index (χ0v) is 19.5. The summed E-state index contributed by atoms with van der Waals surface area (Å²) in [5.74, 6) is -1.44. The van der Waals surface area contributed by atoms with Crippen LogP contribution in [0.15, 0.2) is 60.7 Å². The molecule has 1 heterocycles. The molecule has 3 rings (SSSR count). The molecule has 2 aromatic carbocycles. The molecule has 0 aliphatic carbocycles. The summed E-state index contributed by atoms with van der Waals surface area (Å²) in [6.45, 7) is 7.95. The van der Waals surface area contributed by atoms with Gasteiger partial charge in [-0.2, -0.15) is 13.2 Å². The number of benzene rings is 2. The second-order valence-corrected chi connectivity index (χ2v) is 13.7. The maximum atomic E-state index is 13.1. The molecular formula is C24H33F3N2OSi. The van der Waals surface area contributed by atoms with Crippen LogP contribution in [-0.4, -0.2) is 51.7 Å². The van der Waals surface area contributed by atoms with Crippen molar-refractivity contribution in [1.29, 1.82) is 0 Å². The van der Waals surface area contributed by atoms with Gasteiger partial charge in [-0.25, -0.2) is 0 Å². The van der Waals surface area contributed by atoms with Crippen LogP contribution in [0.1, 0.15) is 27.2 Å². The van der Waals surface area contributed by atoms with E-state index in [2.05, 4.69) is 45.0 Å². The fraction of sp³-hybridized carbons (Fsp3) is 0.500. The fourth-order valence-corrected chi connectivity index (χ4v) is 9.32. The van der Waals surface area contributed by atoms with Crippen LogP contribution in [0.2, 0.25) is 5.04 Å². The normalized spacial score (nSPS) is 20.9. The molecule has 1 fully saturated rings. The molecule has 0 spiro atoms. The Morgan fingerprint density at radius 3 is 1.87 bits per heavy atom. The number of nitrogens with zero attached hydrogens (tertiary/aromatic N) is 1. The average Bonchev–Trinajstić information content (AvgIpc) is 3.09. The lowest BCUT2D eigenvalue weighted by Gasteiger charge is -2.43. The first-order chi connectivity index (χ1) is 14.6.